The van der Waals surface area contributed by atoms with E-state index in [0.717, 1.165) is 30.1 Å². The molecule has 0 aliphatic rings. The van der Waals surface area contributed by atoms with Crippen molar-refractivity contribution in [3.63, 3.8) is 0 Å². The number of oxazole rings is 1. The number of hydrogen-bond acceptors (Lipinski definition) is 4. The van der Waals surface area contributed by atoms with E-state index in [-0.39, 0.29) is 0 Å². The number of aromatic nitrogens is 2. The number of thiazole rings is 1. The van der Waals surface area contributed by atoms with Gasteiger partial charge in [-0.15, -0.1) is 11.3 Å². The van der Waals surface area contributed by atoms with Gasteiger partial charge < -0.3 is 4.42 Å². The Bertz CT molecular complexity index is 501. The molecule has 18 heavy (non-hydrogen) atoms. The van der Waals surface area contributed by atoms with Gasteiger partial charge in [0, 0.05) is 22.9 Å². The van der Waals surface area contributed by atoms with Crippen LogP contribution in [0.25, 0.3) is 0 Å². The summed E-state index contributed by atoms with van der Waals surface area (Å²) >= 11 is 1.75. The Kier molecular flexibility index (Phi) is 4.17. The van der Waals surface area contributed by atoms with Crippen LogP contribution < -0.4 is 0 Å². The number of aryl methyl sites for hydroxylation is 2. The Balaban J connectivity index is 1.90. The van der Waals surface area contributed by atoms with Crippen molar-refractivity contribution in [3.8, 4) is 0 Å². The molecular weight excluding hydrogens is 244 g/mol. The zero-order chi connectivity index (χ0) is 13.1. The van der Waals surface area contributed by atoms with Crippen molar-refractivity contribution >= 4 is 11.3 Å². The van der Waals surface area contributed by atoms with Crippen molar-refractivity contribution in [3.05, 3.63) is 33.9 Å². The lowest BCUT2D eigenvalue weighted by atomic mass is 10.1. The van der Waals surface area contributed by atoms with E-state index in [1.54, 1.807) is 17.6 Å². The molecule has 1 atom stereocenters. The summed E-state index contributed by atoms with van der Waals surface area (Å²) in [4.78, 5) is 9.03. The molecule has 0 saturated carbocycles. The minimum atomic E-state index is 0.359. The van der Waals surface area contributed by atoms with Crippen LogP contribution in [-0.4, -0.2) is 9.97 Å². The summed E-state index contributed by atoms with van der Waals surface area (Å²) in [5.74, 6) is 1.68. The first-order valence-electron chi connectivity index (χ1n) is 6.42. The second-order valence-corrected chi connectivity index (χ2v) is 5.99. The fraction of sp³-hybridized carbons (Fsp3) is 0.571. The lowest BCUT2D eigenvalue weighted by Gasteiger charge is -2.05. The van der Waals surface area contributed by atoms with E-state index < -0.39 is 0 Å². The minimum Gasteiger partial charge on any atom is -0.448 e. The van der Waals surface area contributed by atoms with Crippen LogP contribution >= 0.6 is 11.3 Å². The highest BCUT2D eigenvalue weighted by atomic mass is 32.1. The molecule has 2 aromatic rings. The fourth-order valence-electron chi connectivity index (χ4n) is 1.79. The summed E-state index contributed by atoms with van der Waals surface area (Å²) in [7, 11) is 0. The molecule has 0 saturated heterocycles. The largest absolute Gasteiger partial charge is 0.448 e. The van der Waals surface area contributed by atoms with Crippen LogP contribution in [0.5, 0.6) is 0 Å². The standard InChI is InChI=1S/C14H20N2OS/c1-9(2)13-16-12(7-17-13)6-5-10(3)14-15-11(4)8-18-14/h7-10H,5-6H2,1-4H3. The maximum absolute atomic E-state index is 5.44. The van der Waals surface area contributed by atoms with Crippen LogP contribution in [-0.2, 0) is 6.42 Å². The fourth-order valence-corrected chi connectivity index (χ4v) is 2.68. The molecule has 0 bridgehead atoms. The topological polar surface area (TPSA) is 38.9 Å². The van der Waals surface area contributed by atoms with Crippen molar-refractivity contribution in [1.82, 2.24) is 9.97 Å². The van der Waals surface area contributed by atoms with E-state index in [2.05, 4.69) is 36.1 Å². The Hall–Kier alpha value is -1.16. The zero-order valence-electron chi connectivity index (χ0n) is 11.4. The van der Waals surface area contributed by atoms with E-state index in [4.69, 9.17) is 4.42 Å². The summed E-state index contributed by atoms with van der Waals surface area (Å²) in [5.41, 5.74) is 2.17. The molecule has 0 aliphatic carbocycles. The predicted molar refractivity (Wildman–Crippen MR) is 74.2 cm³/mol. The van der Waals surface area contributed by atoms with Crippen molar-refractivity contribution < 1.29 is 4.42 Å². The number of nitrogens with zero attached hydrogens (tertiary/aromatic N) is 2. The normalized spacial score (nSPS) is 13.2. The van der Waals surface area contributed by atoms with Crippen LogP contribution in [0.4, 0.5) is 0 Å². The first-order valence-corrected chi connectivity index (χ1v) is 7.30. The molecule has 2 heterocycles. The summed E-state index contributed by atoms with van der Waals surface area (Å²) in [6.07, 6.45) is 3.81. The van der Waals surface area contributed by atoms with Crippen LogP contribution in [0, 0.1) is 6.92 Å². The van der Waals surface area contributed by atoms with Gasteiger partial charge >= 0.3 is 0 Å². The Morgan fingerprint density at radius 1 is 1.28 bits per heavy atom. The number of hydrogen-bond donors (Lipinski definition) is 0. The van der Waals surface area contributed by atoms with Gasteiger partial charge in [0.05, 0.1) is 10.7 Å². The number of rotatable bonds is 5. The van der Waals surface area contributed by atoms with Crippen LogP contribution in [0.15, 0.2) is 16.1 Å². The van der Waals surface area contributed by atoms with Crippen LogP contribution in [0.2, 0.25) is 0 Å². The van der Waals surface area contributed by atoms with Gasteiger partial charge in [0.25, 0.3) is 0 Å². The molecule has 2 rings (SSSR count). The highest BCUT2D eigenvalue weighted by Gasteiger charge is 2.12. The van der Waals surface area contributed by atoms with Gasteiger partial charge in [-0.25, -0.2) is 9.97 Å². The molecule has 4 heteroatoms. The van der Waals surface area contributed by atoms with Gasteiger partial charge in [-0.1, -0.05) is 20.8 Å². The summed E-state index contributed by atoms with van der Waals surface area (Å²) in [6, 6.07) is 0. The Labute approximate surface area is 112 Å². The molecule has 0 amide bonds. The molecule has 0 aliphatic heterocycles. The summed E-state index contributed by atoms with van der Waals surface area (Å²) in [5, 5.41) is 3.33. The maximum atomic E-state index is 5.44. The molecule has 98 valence electrons. The van der Waals surface area contributed by atoms with Crippen LogP contribution in [0.3, 0.4) is 0 Å². The van der Waals surface area contributed by atoms with Crippen molar-refractivity contribution in [2.45, 2.75) is 52.4 Å². The van der Waals surface area contributed by atoms with E-state index in [9.17, 15) is 0 Å². The predicted octanol–water partition coefficient (Wildman–Crippen LogP) is 4.30. The molecule has 0 fully saturated rings. The molecule has 0 spiro atoms. The van der Waals surface area contributed by atoms with Crippen molar-refractivity contribution in [2.75, 3.05) is 0 Å². The van der Waals surface area contributed by atoms with Crippen molar-refractivity contribution in [1.29, 1.82) is 0 Å². The quantitative estimate of drug-likeness (QED) is 0.808. The van der Waals surface area contributed by atoms with E-state index in [1.807, 2.05) is 6.92 Å². The van der Waals surface area contributed by atoms with Gasteiger partial charge in [0.15, 0.2) is 5.89 Å². The molecule has 0 aromatic carbocycles. The highest BCUT2D eigenvalue weighted by Crippen LogP contribution is 2.24. The highest BCUT2D eigenvalue weighted by molar-refractivity contribution is 7.09. The van der Waals surface area contributed by atoms with Gasteiger partial charge in [-0.2, -0.15) is 0 Å². The van der Waals surface area contributed by atoms with Gasteiger partial charge in [0.1, 0.15) is 6.26 Å². The lowest BCUT2D eigenvalue weighted by molar-refractivity contribution is 0.470. The van der Waals surface area contributed by atoms with Gasteiger partial charge in [-0.3, -0.25) is 0 Å². The first kappa shape index (κ1) is 13.3. The van der Waals surface area contributed by atoms with Gasteiger partial charge in [0.2, 0.25) is 0 Å². The van der Waals surface area contributed by atoms with Crippen LogP contribution in [0.1, 0.15) is 61.3 Å². The third-order valence-electron chi connectivity index (χ3n) is 2.96. The third kappa shape index (κ3) is 3.19. The average Bonchev–Trinajstić information content (AvgIpc) is 2.94. The maximum Gasteiger partial charge on any atom is 0.196 e. The van der Waals surface area contributed by atoms with E-state index in [1.165, 1.54) is 5.01 Å². The smallest absolute Gasteiger partial charge is 0.196 e. The molecule has 2 aromatic heterocycles. The van der Waals surface area contributed by atoms with Gasteiger partial charge in [-0.05, 0) is 19.8 Å². The lowest BCUT2D eigenvalue weighted by Crippen LogP contribution is -1.97. The molecule has 3 nitrogen and oxygen atoms in total. The van der Waals surface area contributed by atoms with Crippen molar-refractivity contribution in [2.24, 2.45) is 0 Å². The summed E-state index contributed by atoms with van der Waals surface area (Å²) < 4.78 is 5.44. The molecule has 0 N–H and O–H groups in total. The third-order valence-corrected chi connectivity index (χ3v) is 4.15. The molecule has 0 radical (unpaired) electrons. The monoisotopic (exact) mass is 264 g/mol. The minimum absolute atomic E-state index is 0.359. The molecular formula is C14H20N2OS. The first-order chi connectivity index (χ1) is 8.56. The second-order valence-electron chi connectivity index (χ2n) is 5.10. The zero-order valence-corrected chi connectivity index (χ0v) is 12.3. The second kappa shape index (κ2) is 5.65. The SMILES string of the molecule is Cc1csc(C(C)CCc2coc(C(C)C)n2)n1. The Morgan fingerprint density at radius 3 is 2.61 bits per heavy atom. The summed E-state index contributed by atoms with van der Waals surface area (Å²) in [6.45, 7) is 8.45. The van der Waals surface area contributed by atoms with E-state index >= 15 is 0 Å². The Morgan fingerprint density at radius 2 is 2.06 bits per heavy atom. The van der Waals surface area contributed by atoms with E-state index in [0.29, 0.717) is 11.8 Å². The molecule has 1 unspecified atom stereocenters. The average molecular weight is 264 g/mol.